The Hall–Kier alpha value is 0.888. The van der Waals surface area contributed by atoms with Gasteiger partial charge >= 0.3 is 18.0 Å². The maximum atomic E-state index is 4.56. The van der Waals surface area contributed by atoms with E-state index in [9.17, 15) is 0 Å². The largest absolute Gasteiger partial charge is 3.00 e. The first-order valence-electron chi connectivity index (χ1n) is 4.58. The monoisotopic (exact) mass is 435 g/mol. The maximum Gasteiger partial charge on any atom is 3.00 e. The van der Waals surface area contributed by atoms with Crippen molar-refractivity contribution in [3.8, 4) is 0 Å². The normalized spacial score (nSPS) is 7.26. The predicted molar refractivity (Wildman–Crippen MR) is 107 cm³/mol. The molecule has 0 aromatic heterocycles. The SMILES string of the molecule is CN(C)C(=S)[S-].CN(C)C(=S)[S-].CN(C)C(=S)[S-].[As+3]. The van der Waals surface area contributed by atoms with Crippen LogP contribution in [0.3, 0.4) is 0 Å². The molecule has 19 heavy (non-hydrogen) atoms. The van der Waals surface area contributed by atoms with Crippen LogP contribution in [0.1, 0.15) is 0 Å². The summed E-state index contributed by atoms with van der Waals surface area (Å²) in [6.07, 6.45) is 0. The Morgan fingerprint density at radius 1 is 0.579 bits per heavy atom. The molecule has 0 atom stereocenters. The Morgan fingerprint density at radius 2 is 0.632 bits per heavy atom. The van der Waals surface area contributed by atoms with Crippen molar-refractivity contribution in [3.05, 3.63) is 0 Å². The van der Waals surface area contributed by atoms with Gasteiger partial charge in [-0.25, -0.2) is 0 Å². The first kappa shape index (κ1) is 28.1. The second kappa shape index (κ2) is 16.9. The van der Waals surface area contributed by atoms with Gasteiger partial charge in [0.15, 0.2) is 0 Å². The third kappa shape index (κ3) is 32.4. The number of thiocarbonyl (C=S) groups is 3. The van der Waals surface area contributed by atoms with Crippen molar-refractivity contribution in [3.63, 3.8) is 0 Å². The van der Waals surface area contributed by atoms with Crippen LogP contribution in [0.2, 0.25) is 0 Å². The van der Waals surface area contributed by atoms with E-state index in [1.54, 1.807) is 14.7 Å². The van der Waals surface area contributed by atoms with Gasteiger partial charge in [0.05, 0.1) is 0 Å². The molecule has 0 N–H and O–H groups in total. The van der Waals surface area contributed by atoms with Gasteiger partial charge in [0.2, 0.25) is 0 Å². The topological polar surface area (TPSA) is 9.72 Å². The molecular weight excluding hydrogens is 417 g/mol. The van der Waals surface area contributed by atoms with Gasteiger partial charge in [-0.1, -0.05) is 13.0 Å². The van der Waals surface area contributed by atoms with Crippen molar-refractivity contribution < 1.29 is 0 Å². The van der Waals surface area contributed by atoms with Gasteiger partial charge in [-0.3, -0.25) is 0 Å². The van der Waals surface area contributed by atoms with E-state index >= 15 is 0 Å². The van der Waals surface area contributed by atoms with Crippen molar-refractivity contribution in [2.75, 3.05) is 42.3 Å². The quantitative estimate of drug-likeness (QED) is 0.307. The maximum absolute atomic E-state index is 4.56. The molecule has 0 aliphatic heterocycles. The van der Waals surface area contributed by atoms with Crippen LogP contribution in [0.25, 0.3) is 0 Å². The number of hydrogen-bond donors (Lipinski definition) is 0. The zero-order valence-electron chi connectivity index (χ0n) is 11.7. The van der Waals surface area contributed by atoms with Gasteiger partial charge in [-0.15, -0.1) is 0 Å². The Kier molecular flexibility index (Phi) is 25.1. The van der Waals surface area contributed by atoms with E-state index < -0.39 is 0 Å². The Morgan fingerprint density at radius 3 is 0.632 bits per heavy atom. The van der Waals surface area contributed by atoms with E-state index in [0.717, 1.165) is 0 Å². The van der Waals surface area contributed by atoms with E-state index in [4.69, 9.17) is 0 Å². The molecule has 0 aliphatic rings. The van der Waals surface area contributed by atoms with Gasteiger partial charge < -0.3 is 89.2 Å². The van der Waals surface area contributed by atoms with Crippen molar-refractivity contribution in [2.45, 2.75) is 0 Å². The van der Waals surface area contributed by atoms with Crippen LogP contribution in [0.4, 0.5) is 0 Å². The fraction of sp³-hybridized carbons (Fsp3) is 0.667. The number of hydrogen-bond acceptors (Lipinski definition) is 6. The zero-order chi connectivity index (χ0) is 15.5. The van der Waals surface area contributed by atoms with Crippen LogP contribution in [-0.2, 0) is 37.9 Å². The van der Waals surface area contributed by atoms with Gasteiger partial charge in [-0.05, 0) is 0 Å². The standard InChI is InChI=1S/3C3H7NS2.As/c3*1-4(2)3(5)6;/h3*1-2H3,(H,5,6);/q;;;+3/p-3. The van der Waals surface area contributed by atoms with E-state index in [2.05, 4.69) is 74.5 Å². The summed E-state index contributed by atoms with van der Waals surface area (Å²) < 4.78 is 1.53. The summed E-state index contributed by atoms with van der Waals surface area (Å²) >= 11 is 27.4. The summed E-state index contributed by atoms with van der Waals surface area (Å²) in [4.78, 5) is 5.14. The number of rotatable bonds is 0. The molecule has 0 heterocycles. The molecule has 0 saturated heterocycles. The molecule has 0 bridgehead atoms. The molecule has 3 nitrogen and oxygen atoms in total. The van der Waals surface area contributed by atoms with Crippen LogP contribution in [0.5, 0.6) is 0 Å². The third-order valence-electron chi connectivity index (χ3n) is 1.10. The van der Waals surface area contributed by atoms with E-state index in [0.29, 0.717) is 13.0 Å². The molecule has 10 heteroatoms. The summed E-state index contributed by atoms with van der Waals surface area (Å²) in [7, 11) is 11.0. The molecule has 0 fully saturated rings. The van der Waals surface area contributed by atoms with Crippen molar-refractivity contribution in [1.29, 1.82) is 0 Å². The minimum absolute atomic E-state index is 0. The third-order valence-corrected chi connectivity index (χ3v) is 3.29. The molecule has 0 aliphatic carbocycles. The average molecular weight is 436 g/mol. The molecule has 0 aromatic rings. The fourth-order valence-electron chi connectivity index (χ4n) is 0. The van der Waals surface area contributed by atoms with E-state index in [1.165, 1.54) is 0 Å². The van der Waals surface area contributed by atoms with Crippen LogP contribution >= 0.6 is 36.7 Å². The molecule has 110 valence electrons. The molecule has 0 aromatic carbocycles. The second-order valence-electron chi connectivity index (χ2n) is 3.48. The summed E-state index contributed by atoms with van der Waals surface area (Å²) in [5, 5.41) is 0. The fourth-order valence-corrected chi connectivity index (χ4v) is 0. The average Bonchev–Trinajstić information content (AvgIpc) is 2.18. The van der Waals surface area contributed by atoms with Gasteiger partial charge in [0.25, 0.3) is 0 Å². The van der Waals surface area contributed by atoms with Crippen LogP contribution in [0.15, 0.2) is 0 Å². The first-order valence-corrected chi connectivity index (χ1v) is 7.03. The minimum Gasteiger partial charge on any atom is -0.411 e. The van der Waals surface area contributed by atoms with Crippen LogP contribution in [0, 0.1) is 0 Å². The first-order chi connectivity index (χ1) is 7.93. The Bertz CT molecular complexity index is 228. The second-order valence-corrected chi connectivity index (χ2v) is 6.58. The van der Waals surface area contributed by atoms with E-state index in [1.807, 2.05) is 42.3 Å². The molecule has 2 radical (unpaired) electrons. The van der Waals surface area contributed by atoms with Crippen molar-refractivity contribution in [2.24, 2.45) is 0 Å². The summed E-state index contributed by atoms with van der Waals surface area (Å²) in [5.41, 5.74) is 0. The van der Waals surface area contributed by atoms with Gasteiger partial charge in [0.1, 0.15) is 0 Å². The molecule has 0 rings (SSSR count). The van der Waals surface area contributed by atoms with Crippen molar-refractivity contribution in [1.82, 2.24) is 14.7 Å². The van der Waals surface area contributed by atoms with Gasteiger partial charge in [-0.2, -0.15) is 0 Å². The molecule has 0 saturated carbocycles. The molecule has 0 unspecified atom stereocenters. The predicted octanol–water partition coefficient (Wildman–Crippen LogP) is 0.759. The van der Waals surface area contributed by atoms with Gasteiger partial charge in [0, 0.05) is 42.3 Å². The molecule has 0 amide bonds. The Labute approximate surface area is 161 Å². The van der Waals surface area contributed by atoms with Crippen LogP contribution < -0.4 is 0 Å². The Balaban J connectivity index is -0.0000000865. The summed E-state index contributed by atoms with van der Waals surface area (Å²) in [6.45, 7) is 0. The molecular formula is C9H18AsN3S6. The summed E-state index contributed by atoms with van der Waals surface area (Å²) in [6, 6.07) is 0. The van der Waals surface area contributed by atoms with Crippen LogP contribution in [-0.4, -0.2) is 87.9 Å². The number of nitrogens with zero attached hydrogens (tertiary/aromatic N) is 3. The zero-order valence-corrected chi connectivity index (χ0v) is 18.5. The molecule has 0 spiro atoms. The minimum atomic E-state index is 0. The smallest absolute Gasteiger partial charge is 0.411 e. The van der Waals surface area contributed by atoms with Crippen molar-refractivity contribution >= 4 is 105 Å². The van der Waals surface area contributed by atoms with E-state index in [-0.39, 0.29) is 18.0 Å². The summed E-state index contributed by atoms with van der Waals surface area (Å²) in [5.74, 6) is 0.